The number of hydrogen-bond donors (Lipinski definition) is 3. The molecule has 2 aliphatic heterocycles. The molecular formula is C17H23N7. The van der Waals surface area contributed by atoms with Crippen LogP contribution >= 0.6 is 0 Å². The Hall–Kier alpha value is -2.41. The van der Waals surface area contributed by atoms with E-state index < -0.39 is 0 Å². The molecule has 24 heavy (non-hydrogen) atoms. The molecule has 3 N–H and O–H groups in total. The number of anilines is 4. The van der Waals surface area contributed by atoms with E-state index in [1.54, 1.807) is 6.20 Å². The number of nitrogens with one attached hydrogen (secondary N) is 3. The molecule has 2 aliphatic rings. The van der Waals surface area contributed by atoms with Gasteiger partial charge in [-0.05, 0) is 37.5 Å². The molecule has 7 heteroatoms. The van der Waals surface area contributed by atoms with Gasteiger partial charge in [-0.25, -0.2) is 9.97 Å². The standard InChI is InChI=1S/C17H23N7/c1-11-7-14(8-20-16(11)18-2)22-17-19-6-5-15(23-17)24-9-12-3-4-13(10-24)21-12/h5-8,12-13,21H,3-4,9-10H2,1-2H3,(H,18,20)(H,19,22,23)/t12-,13+. The topological polar surface area (TPSA) is 78.0 Å². The van der Waals surface area contributed by atoms with E-state index in [0.29, 0.717) is 18.0 Å². The third kappa shape index (κ3) is 2.99. The molecule has 2 bridgehead atoms. The van der Waals surface area contributed by atoms with E-state index in [1.165, 1.54) is 12.8 Å². The predicted octanol–water partition coefficient (Wildman–Crippen LogP) is 1.91. The smallest absolute Gasteiger partial charge is 0.229 e. The van der Waals surface area contributed by atoms with Crippen molar-refractivity contribution in [3.05, 3.63) is 30.1 Å². The van der Waals surface area contributed by atoms with Crippen molar-refractivity contribution in [1.29, 1.82) is 0 Å². The summed E-state index contributed by atoms with van der Waals surface area (Å²) in [5, 5.41) is 9.98. The minimum atomic E-state index is 0.594. The van der Waals surface area contributed by atoms with Crippen molar-refractivity contribution in [3.63, 3.8) is 0 Å². The maximum absolute atomic E-state index is 4.69. The number of aryl methyl sites for hydroxylation is 1. The highest BCUT2D eigenvalue weighted by Gasteiger charge is 2.32. The zero-order valence-corrected chi connectivity index (χ0v) is 14.1. The third-order valence-electron chi connectivity index (χ3n) is 4.75. The molecule has 2 fully saturated rings. The van der Waals surface area contributed by atoms with E-state index in [9.17, 15) is 0 Å². The van der Waals surface area contributed by atoms with Crippen LogP contribution in [0.3, 0.4) is 0 Å². The van der Waals surface area contributed by atoms with Crippen LogP contribution in [0.2, 0.25) is 0 Å². The van der Waals surface area contributed by atoms with E-state index in [4.69, 9.17) is 4.98 Å². The number of aromatic nitrogens is 3. The van der Waals surface area contributed by atoms with E-state index >= 15 is 0 Å². The first-order valence-electron chi connectivity index (χ1n) is 8.47. The van der Waals surface area contributed by atoms with Crippen LogP contribution in [0.5, 0.6) is 0 Å². The van der Waals surface area contributed by atoms with E-state index in [0.717, 1.165) is 36.0 Å². The Morgan fingerprint density at radius 2 is 2.00 bits per heavy atom. The van der Waals surface area contributed by atoms with Crippen LogP contribution in [0.1, 0.15) is 18.4 Å². The van der Waals surface area contributed by atoms with E-state index in [2.05, 4.69) is 30.8 Å². The quantitative estimate of drug-likeness (QED) is 0.792. The molecule has 0 radical (unpaired) electrons. The number of nitrogens with zero attached hydrogens (tertiary/aromatic N) is 4. The number of pyridine rings is 1. The fourth-order valence-electron chi connectivity index (χ4n) is 3.60. The zero-order valence-electron chi connectivity index (χ0n) is 14.1. The summed E-state index contributed by atoms with van der Waals surface area (Å²) in [6, 6.07) is 5.22. The Kier molecular flexibility index (Phi) is 3.93. The van der Waals surface area contributed by atoms with Gasteiger partial charge in [-0.1, -0.05) is 0 Å². The molecule has 0 aliphatic carbocycles. The molecule has 2 aromatic rings. The van der Waals surface area contributed by atoms with Crippen molar-refractivity contribution < 1.29 is 0 Å². The molecule has 7 nitrogen and oxygen atoms in total. The van der Waals surface area contributed by atoms with Crippen molar-refractivity contribution in [2.45, 2.75) is 31.8 Å². The highest BCUT2D eigenvalue weighted by molar-refractivity contribution is 5.58. The maximum atomic E-state index is 4.69. The molecule has 2 atom stereocenters. The van der Waals surface area contributed by atoms with Crippen molar-refractivity contribution in [2.24, 2.45) is 0 Å². The molecule has 0 amide bonds. The Balaban J connectivity index is 1.51. The second-order valence-corrected chi connectivity index (χ2v) is 6.55. The number of rotatable bonds is 4. The van der Waals surface area contributed by atoms with Crippen molar-refractivity contribution >= 4 is 23.3 Å². The van der Waals surface area contributed by atoms with Gasteiger partial charge in [0.05, 0.1) is 11.9 Å². The van der Waals surface area contributed by atoms with Crippen LogP contribution in [-0.2, 0) is 0 Å². The van der Waals surface area contributed by atoms with Crippen LogP contribution < -0.4 is 20.9 Å². The summed E-state index contributed by atoms with van der Waals surface area (Å²) >= 11 is 0. The van der Waals surface area contributed by atoms with Crippen LogP contribution in [0.4, 0.5) is 23.3 Å². The third-order valence-corrected chi connectivity index (χ3v) is 4.75. The lowest BCUT2D eigenvalue weighted by Gasteiger charge is -2.33. The highest BCUT2D eigenvalue weighted by atomic mass is 15.3. The first kappa shape index (κ1) is 15.1. The van der Waals surface area contributed by atoms with E-state index in [1.807, 2.05) is 32.3 Å². The minimum Gasteiger partial charge on any atom is -0.373 e. The number of piperazine rings is 1. The second kappa shape index (κ2) is 6.24. The van der Waals surface area contributed by atoms with Crippen LogP contribution in [-0.4, -0.2) is 47.2 Å². The summed E-state index contributed by atoms with van der Waals surface area (Å²) in [6.07, 6.45) is 6.14. The molecule has 2 saturated heterocycles. The van der Waals surface area contributed by atoms with Crippen LogP contribution in [0.15, 0.2) is 24.5 Å². The largest absolute Gasteiger partial charge is 0.373 e. The first-order valence-corrected chi connectivity index (χ1v) is 8.47. The Labute approximate surface area is 141 Å². The molecular weight excluding hydrogens is 302 g/mol. The molecule has 0 saturated carbocycles. The zero-order chi connectivity index (χ0) is 16.5. The van der Waals surface area contributed by atoms with Gasteiger partial charge in [-0.2, -0.15) is 4.98 Å². The summed E-state index contributed by atoms with van der Waals surface area (Å²) in [5.41, 5.74) is 1.97. The van der Waals surface area contributed by atoms with E-state index in [-0.39, 0.29) is 0 Å². The summed E-state index contributed by atoms with van der Waals surface area (Å²) in [6.45, 7) is 4.06. The predicted molar refractivity (Wildman–Crippen MR) is 96.0 cm³/mol. The SMILES string of the molecule is CNc1ncc(Nc2nccc(N3C[C@H]4CC[C@@H](C3)N4)n2)cc1C. The number of fused-ring (bicyclic) bond motifs is 2. The number of hydrogen-bond acceptors (Lipinski definition) is 7. The second-order valence-electron chi connectivity index (χ2n) is 6.55. The van der Waals surface area contributed by atoms with Crippen LogP contribution in [0.25, 0.3) is 0 Å². The minimum absolute atomic E-state index is 0.594. The average Bonchev–Trinajstić information content (AvgIpc) is 2.93. The molecule has 2 aromatic heterocycles. The van der Waals surface area contributed by atoms with Crippen LogP contribution in [0, 0.1) is 6.92 Å². The van der Waals surface area contributed by atoms with Gasteiger partial charge in [-0.3, -0.25) is 0 Å². The van der Waals surface area contributed by atoms with Gasteiger partial charge < -0.3 is 20.9 Å². The fraction of sp³-hybridized carbons (Fsp3) is 0.471. The van der Waals surface area contributed by atoms with Gasteiger partial charge in [0.15, 0.2) is 0 Å². The summed E-state index contributed by atoms with van der Waals surface area (Å²) < 4.78 is 0. The molecule has 4 rings (SSSR count). The monoisotopic (exact) mass is 325 g/mol. The van der Waals surface area contributed by atoms with Crippen molar-refractivity contribution in [1.82, 2.24) is 20.3 Å². The molecule has 0 spiro atoms. The lowest BCUT2D eigenvalue weighted by Crippen LogP contribution is -2.51. The Morgan fingerprint density at radius 1 is 1.21 bits per heavy atom. The lowest BCUT2D eigenvalue weighted by atomic mass is 10.2. The van der Waals surface area contributed by atoms with Gasteiger partial charge in [0.1, 0.15) is 11.6 Å². The maximum Gasteiger partial charge on any atom is 0.229 e. The first-order chi connectivity index (χ1) is 11.7. The van der Waals surface area contributed by atoms with Crippen molar-refractivity contribution in [3.8, 4) is 0 Å². The summed E-state index contributed by atoms with van der Waals surface area (Å²) in [5.74, 6) is 2.48. The van der Waals surface area contributed by atoms with Gasteiger partial charge >= 0.3 is 0 Å². The highest BCUT2D eigenvalue weighted by Crippen LogP contribution is 2.25. The normalized spacial score (nSPS) is 22.5. The van der Waals surface area contributed by atoms with Gasteiger partial charge in [0, 0.05) is 38.4 Å². The molecule has 0 aromatic carbocycles. The fourth-order valence-corrected chi connectivity index (χ4v) is 3.60. The molecule has 0 unspecified atom stereocenters. The van der Waals surface area contributed by atoms with Gasteiger partial charge in [0.2, 0.25) is 5.95 Å². The molecule has 126 valence electrons. The summed E-state index contributed by atoms with van der Waals surface area (Å²) in [4.78, 5) is 15.8. The Bertz CT molecular complexity index is 721. The van der Waals surface area contributed by atoms with Gasteiger partial charge in [0.25, 0.3) is 0 Å². The summed E-state index contributed by atoms with van der Waals surface area (Å²) in [7, 11) is 1.87. The average molecular weight is 325 g/mol. The van der Waals surface area contributed by atoms with Gasteiger partial charge in [-0.15, -0.1) is 0 Å². The lowest BCUT2D eigenvalue weighted by molar-refractivity contribution is 0.463. The van der Waals surface area contributed by atoms with Crippen molar-refractivity contribution in [2.75, 3.05) is 35.7 Å². The Morgan fingerprint density at radius 3 is 2.71 bits per heavy atom. The molecule has 4 heterocycles.